The van der Waals surface area contributed by atoms with Gasteiger partial charge in [-0.05, 0) is 25.1 Å². The number of carbonyl (C=O) groups excluding carboxylic acids is 1. The third-order valence-electron chi connectivity index (χ3n) is 5.36. The normalized spacial score (nSPS) is 16.1. The van der Waals surface area contributed by atoms with Gasteiger partial charge in [0.05, 0.1) is 40.2 Å². The van der Waals surface area contributed by atoms with E-state index in [0.717, 1.165) is 44.0 Å². The Morgan fingerprint density at radius 1 is 1.03 bits per heavy atom. The van der Waals surface area contributed by atoms with Crippen molar-refractivity contribution in [2.24, 2.45) is 0 Å². The molecule has 30 heavy (non-hydrogen) atoms. The van der Waals surface area contributed by atoms with Crippen LogP contribution in [0.25, 0.3) is 0 Å². The average Bonchev–Trinajstić information content (AvgIpc) is 3.29. The number of nitrogens with one attached hydrogen (secondary N) is 1. The molecule has 1 saturated heterocycles. The Hall–Kier alpha value is -2.71. The van der Waals surface area contributed by atoms with Gasteiger partial charge >= 0.3 is 0 Å². The highest BCUT2D eigenvalue weighted by molar-refractivity contribution is 5.78. The summed E-state index contributed by atoms with van der Waals surface area (Å²) in [6.45, 7) is 6.47. The van der Waals surface area contributed by atoms with Gasteiger partial charge in [0.2, 0.25) is 11.7 Å². The third-order valence-corrected chi connectivity index (χ3v) is 5.36. The standard InChI is InChI=1S/C22H31N3O5/c1-16(18-6-5-13-30-18)23-20(26)15-25-11-9-24(10-12-25)14-17-7-8-19(27-2)22(29-4)21(17)28-3/h5-8,13,16H,9-12,14-15H2,1-4H3,(H,23,26)/t16-/m0/s1. The Labute approximate surface area is 177 Å². The number of hydrogen-bond acceptors (Lipinski definition) is 7. The molecule has 164 valence electrons. The second kappa shape index (κ2) is 10.4. The minimum atomic E-state index is -0.133. The van der Waals surface area contributed by atoms with Gasteiger partial charge in [-0.15, -0.1) is 0 Å². The molecule has 1 fully saturated rings. The van der Waals surface area contributed by atoms with Crippen LogP contribution < -0.4 is 19.5 Å². The molecule has 1 aliphatic rings. The van der Waals surface area contributed by atoms with Crippen molar-refractivity contribution < 1.29 is 23.4 Å². The number of hydrogen-bond donors (Lipinski definition) is 1. The van der Waals surface area contributed by atoms with Gasteiger partial charge in [0.1, 0.15) is 5.76 Å². The number of furan rings is 1. The molecule has 0 radical (unpaired) electrons. The lowest BCUT2D eigenvalue weighted by Crippen LogP contribution is -2.49. The number of amides is 1. The Kier molecular flexibility index (Phi) is 7.59. The Morgan fingerprint density at radius 2 is 1.73 bits per heavy atom. The number of rotatable bonds is 9. The van der Waals surface area contributed by atoms with E-state index >= 15 is 0 Å². The molecule has 8 heteroatoms. The molecule has 3 rings (SSSR count). The zero-order chi connectivity index (χ0) is 21.5. The highest BCUT2D eigenvalue weighted by Gasteiger charge is 2.23. The van der Waals surface area contributed by atoms with E-state index in [1.165, 1.54) is 0 Å². The molecular formula is C22H31N3O5. The molecule has 1 aromatic heterocycles. The lowest BCUT2D eigenvalue weighted by molar-refractivity contribution is -0.123. The molecule has 2 heterocycles. The van der Waals surface area contributed by atoms with E-state index < -0.39 is 0 Å². The minimum absolute atomic E-state index is 0.00825. The molecule has 1 aromatic carbocycles. The number of carbonyl (C=O) groups is 1. The van der Waals surface area contributed by atoms with Crippen LogP contribution in [0.3, 0.4) is 0 Å². The highest BCUT2D eigenvalue weighted by atomic mass is 16.5. The summed E-state index contributed by atoms with van der Waals surface area (Å²) in [5, 5.41) is 2.99. The van der Waals surface area contributed by atoms with Crippen molar-refractivity contribution >= 4 is 5.91 Å². The molecule has 8 nitrogen and oxygen atoms in total. The molecule has 1 aliphatic heterocycles. The smallest absolute Gasteiger partial charge is 0.234 e. The zero-order valence-electron chi connectivity index (χ0n) is 18.1. The van der Waals surface area contributed by atoms with Gasteiger partial charge in [0, 0.05) is 38.3 Å². The molecule has 0 spiro atoms. The number of piperazine rings is 1. The molecule has 0 saturated carbocycles. The summed E-state index contributed by atoms with van der Waals surface area (Å²) in [7, 11) is 4.86. The maximum absolute atomic E-state index is 12.4. The second-order valence-electron chi connectivity index (χ2n) is 7.35. The van der Waals surface area contributed by atoms with E-state index in [2.05, 4.69) is 15.1 Å². The maximum Gasteiger partial charge on any atom is 0.234 e. The van der Waals surface area contributed by atoms with E-state index in [9.17, 15) is 4.79 Å². The van der Waals surface area contributed by atoms with Gasteiger partial charge in [0.15, 0.2) is 11.5 Å². The van der Waals surface area contributed by atoms with Crippen molar-refractivity contribution in [3.05, 3.63) is 41.9 Å². The fourth-order valence-corrected chi connectivity index (χ4v) is 3.73. The van der Waals surface area contributed by atoms with Crippen LogP contribution in [0.2, 0.25) is 0 Å². The molecule has 0 bridgehead atoms. The first-order valence-corrected chi connectivity index (χ1v) is 10.1. The fourth-order valence-electron chi connectivity index (χ4n) is 3.73. The van der Waals surface area contributed by atoms with Gasteiger partial charge in [0.25, 0.3) is 0 Å². The van der Waals surface area contributed by atoms with Crippen molar-refractivity contribution in [3.8, 4) is 17.2 Å². The predicted molar refractivity (Wildman–Crippen MR) is 113 cm³/mol. The molecular weight excluding hydrogens is 386 g/mol. The predicted octanol–water partition coefficient (Wildman–Crippen LogP) is 2.30. The minimum Gasteiger partial charge on any atom is -0.493 e. The Bertz CT molecular complexity index is 816. The van der Waals surface area contributed by atoms with E-state index in [-0.39, 0.29) is 11.9 Å². The summed E-state index contributed by atoms with van der Waals surface area (Å²) >= 11 is 0. The number of nitrogens with zero attached hydrogens (tertiary/aromatic N) is 2. The molecule has 1 amide bonds. The summed E-state index contributed by atoms with van der Waals surface area (Å²) < 4.78 is 21.8. The lowest BCUT2D eigenvalue weighted by atomic mass is 10.1. The van der Waals surface area contributed by atoms with Crippen LogP contribution in [0, 0.1) is 0 Å². The monoisotopic (exact) mass is 417 g/mol. The zero-order valence-corrected chi connectivity index (χ0v) is 18.1. The van der Waals surface area contributed by atoms with Crippen molar-refractivity contribution in [1.82, 2.24) is 15.1 Å². The number of methoxy groups -OCH3 is 3. The molecule has 1 atom stereocenters. The van der Waals surface area contributed by atoms with Crippen LogP contribution in [0.4, 0.5) is 0 Å². The summed E-state index contributed by atoms with van der Waals surface area (Å²) in [6.07, 6.45) is 1.62. The first-order valence-electron chi connectivity index (χ1n) is 10.1. The van der Waals surface area contributed by atoms with Crippen molar-refractivity contribution in [1.29, 1.82) is 0 Å². The lowest BCUT2D eigenvalue weighted by Gasteiger charge is -2.34. The SMILES string of the molecule is COc1ccc(CN2CCN(CC(=O)N[C@@H](C)c3ccco3)CC2)c(OC)c1OC. The van der Waals surface area contributed by atoms with Crippen LogP contribution in [0.1, 0.15) is 24.3 Å². The summed E-state index contributed by atoms with van der Waals surface area (Å²) in [6, 6.07) is 7.47. The molecule has 2 aromatic rings. The Balaban J connectivity index is 1.50. The van der Waals surface area contributed by atoms with Gasteiger partial charge in [-0.25, -0.2) is 0 Å². The maximum atomic E-state index is 12.4. The van der Waals surface area contributed by atoms with Gasteiger partial charge in [-0.1, -0.05) is 6.07 Å². The fraction of sp³-hybridized carbons (Fsp3) is 0.500. The second-order valence-corrected chi connectivity index (χ2v) is 7.35. The first kappa shape index (κ1) is 22.0. The number of benzene rings is 1. The topological polar surface area (TPSA) is 76.4 Å². The Morgan fingerprint density at radius 3 is 2.33 bits per heavy atom. The summed E-state index contributed by atoms with van der Waals surface area (Å²) in [5.41, 5.74) is 1.05. The summed E-state index contributed by atoms with van der Waals surface area (Å²) in [5.74, 6) is 2.73. The van der Waals surface area contributed by atoms with Crippen LogP contribution >= 0.6 is 0 Å². The largest absolute Gasteiger partial charge is 0.493 e. The average molecular weight is 418 g/mol. The molecule has 0 unspecified atom stereocenters. The van der Waals surface area contributed by atoms with E-state index in [4.69, 9.17) is 18.6 Å². The van der Waals surface area contributed by atoms with Crippen molar-refractivity contribution in [2.45, 2.75) is 19.5 Å². The first-order chi connectivity index (χ1) is 14.5. The molecule has 0 aliphatic carbocycles. The van der Waals surface area contributed by atoms with Crippen LogP contribution in [0.5, 0.6) is 17.2 Å². The third kappa shape index (κ3) is 5.25. The summed E-state index contributed by atoms with van der Waals surface area (Å²) in [4.78, 5) is 16.9. The van der Waals surface area contributed by atoms with Gasteiger partial charge in [-0.2, -0.15) is 0 Å². The van der Waals surface area contributed by atoms with Gasteiger partial charge < -0.3 is 23.9 Å². The molecule has 1 N–H and O–H groups in total. The van der Waals surface area contributed by atoms with Gasteiger partial charge in [-0.3, -0.25) is 14.6 Å². The quantitative estimate of drug-likeness (QED) is 0.671. The number of ether oxygens (including phenoxy) is 3. The van der Waals surface area contributed by atoms with Crippen molar-refractivity contribution in [3.63, 3.8) is 0 Å². The van der Waals surface area contributed by atoms with Crippen LogP contribution in [-0.2, 0) is 11.3 Å². The van der Waals surface area contributed by atoms with Crippen molar-refractivity contribution in [2.75, 3.05) is 54.1 Å². The van der Waals surface area contributed by atoms with E-state index in [1.807, 2.05) is 31.2 Å². The van der Waals surface area contributed by atoms with E-state index in [0.29, 0.717) is 23.8 Å². The van der Waals surface area contributed by atoms with Crippen LogP contribution in [0.15, 0.2) is 34.9 Å². The van der Waals surface area contributed by atoms with E-state index in [1.54, 1.807) is 27.6 Å². The van der Waals surface area contributed by atoms with Crippen LogP contribution in [-0.4, -0.2) is 69.8 Å². The highest BCUT2D eigenvalue weighted by Crippen LogP contribution is 2.40.